The van der Waals surface area contributed by atoms with E-state index in [0.717, 1.165) is 12.3 Å². The Balaban J connectivity index is 1.83. The molecule has 0 spiro atoms. The first-order valence-corrected chi connectivity index (χ1v) is 8.45. The standard InChI is InChI=1S/C14H25N3O3S/c1-4-19-8-13-20-12(9-21-13)17-6-5-11(16-14(17)18)15-7-10(2)3/h5-6,10,12-14,18H,4,7-9H2,1-3H3,(H,15,16)/t12-,13+,14?/m1/s1. The molecule has 120 valence electrons. The van der Waals surface area contributed by atoms with Gasteiger partial charge in [0.05, 0.1) is 6.61 Å². The topological polar surface area (TPSA) is 66.3 Å². The van der Waals surface area contributed by atoms with Gasteiger partial charge in [-0.2, -0.15) is 0 Å². The van der Waals surface area contributed by atoms with Crippen LogP contribution >= 0.6 is 11.8 Å². The number of ether oxygens (including phenoxy) is 2. The predicted molar refractivity (Wildman–Crippen MR) is 84.9 cm³/mol. The molecule has 0 radical (unpaired) electrons. The zero-order chi connectivity index (χ0) is 15.2. The van der Waals surface area contributed by atoms with Gasteiger partial charge in [0.15, 0.2) is 0 Å². The lowest BCUT2D eigenvalue weighted by Crippen LogP contribution is -2.44. The number of nitrogens with one attached hydrogen (secondary N) is 1. The quantitative estimate of drug-likeness (QED) is 0.767. The number of thioether (sulfide) groups is 1. The second kappa shape index (κ2) is 8.03. The highest BCUT2D eigenvalue weighted by molar-refractivity contribution is 8.00. The van der Waals surface area contributed by atoms with Crippen molar-refractivity contribution >= 4 is 17.6 Å². The maximum absolute atomic E-state index is 10.2. The Labute approximate surface area is 130 Å². The third-order valence-electron chi connectivity index (χ3n) is 3.14. The van der Waals surface area contributed by atoms with E-state index in [0.29, 0.717) is 25.0 Å². The van der Waals surface area contributed by atoms with Crippen LogP contribution in [-0.2, 0) is 9.47 Å². The van der Waals surface area contributed by atoms with E-state index in [1.807, 2.05) is 19.2 Å². The zero-order valence-corrected chi connectivity index (χ0v) is 13.7. The average molecular weight is 315 g/mol. The van der Waals surface area contributed by atoms with Gasteiger partial charge in [-0.15, -0.1) is 11.8 Å². The first-order chi connectivity index (χ1) is 10.1. The summed E-state index contributed by atoms with van der Waals surface area (Å²) < 4.78 is 11.2. The first-order valence-electron chi connectivity index (χ1n) is 7.40. The van der Waals surface area contributed by atoms with Gasteiger partial charge in [-0.1, -0.05) is 13.8 Å². The van der Waals surface area contributed by atoms with Crippen molar-refractivity contribution in [3.63, 3.8) is 0 Å². The molecule has 3 atom stereocenters. The van der Waals surface area contributed by atoms with Gasteiger partial charge in [-0.05, 0) is 18.9 Å². The summed E-state index contributed by atoms with van der Waals surface area (Å²) in [6, 6.07) is 0. The molecule has 1 saturated heterocycles. The highest BCUT2D eigenvalue weighted by Gasteiger charge is 2.33. The van der Waals surface area contributed by atoms with Crippen molar-refractivity contribution in [1.82, 2.24) is 10.2 Å². The molecule has 0 aromatic heterocycles. The minimum Gasteiger partial charge on any atom is -0.378 e. The third-order valence-corrected chi connectivity index (χ3v) is 4.24. The van der Waals surface area contributed by atoms with Crippen LogP contribution in [-0.4, -0.2) is 59.4 Å². The monoisotopic (exact) mass is 315 g/mol. The number of amidine groups is 1. The lowest BCUT2D eigenvalue weighted by Gasteiger charge is -2.31. The van der Waals surface area contributed by atoms with Crippen LogP contribution in [0.5, 0.6) is 0 Å². The van der Waals surface area contributed by atoms with Crippen LogP contribution in [0.2, 0.25) is 0 Å². The molecular weight excluding hydrogens is 290 g/mol. The van der Waals surface area contributed by atoms with E-state index in [4.69, 9.17) is 9.47 Å². The van der Waals surface area contributed by atoms with Crippen molar-refractivity contribution in [2.24, 2.45) is 10.9 Å². The number of hydrogen-bond acceptors (Lipinski definition) is 7. The maximum atomic E-state index is 10.2. The molecule has 6 nitrogen and oxygen atoms in total. The van der Waals surface area contributed by atoms with Crippen molar-refractivity contribution in [2.75, 3.05) is 25.5 Å². The van der Waals surface area contributed by atoms with Gasteiger partial charge in [0.2, 0.25) is 6.35 Å². The molecule has 2 aliphatic heterocycles. The summed E-state index contributed by atoms with van der Waals surface area (Å²) in [4.78, 5) is 5.98. The van der Waals surface area contributed by atoms with Gasteiger partial charge >= 0.3 is 0 Å². The normalized spacial score (nSPS) is 29.1. The van der Waals surface area contributed by atoms with E-state index in [2.05, 4.69) is 24.2 Å². The van der Waals surface area contributed by atoms with Crippen LogP contribution in [0.3, 0.4) is 0 Å². The Morgan fingerprint density at radius 1 is 1.62 bits per heavy atom. The number of aliphatic hydroxyl groups excluding tert-OH is 1. The fourth-order valence-electron chi connectivity index (χ4n) is 2.03. The van der Waals surface area contributed by atoms with Gasteiger partial charge in [0.1, 0.15) is 17.5 Å². The predicted octanol–water partition coefficient (Wildman–Crippen LogP) is 1.19. The number of aliphatic imine (C=N–C) groups is 1. The van der Waals surface area contributed by atoms with Crippen LogP contribution in [0.25, 0.3) is 0 Å². The maximum Gasteiger partial charge on any atom is 0.229 e. The summed E-state index contributed by atoms with van der Waals surface area (Å²) in [6.07, 6.45) is 2.65. The summed E-state index contributed by atoms with van der Waals surface area (Å²) in [7, 11) is 0. The van der Waals surface area contributed by atoms with Gasteiger partial charge in [0, 0.05) is 25.1 Å². The van der Waals surface area contributed by atoms with Crippen LogP contribution in [0, 0.1) is 5.92 Å². The second-order valence-corrected chi connectivity index (χ2v) is 6.60. The Bertz CT molecular complexity index is 390. The lowest BCUT2D eigenvalue weighted by molar-refractivity contribution is -0.102. The van der Waals surface area contributed by atoms with Crippen molar-refractivity contribution in [2.45, 2.75) is 38.8 Å². The van der Waals surface area contributed by atoms with Gasteiger partial charge < -0.3 is 24.8 Å². The smallest absolute Gasteiger partial charge is 0.229 e. The highest BCUT2D eigenvalue weighted by Crippen LogP contribution is 2.29. The molecule has 2 N–H and O–H groups in total. The molecule has 2 rings (SSSR count). The largest absolute Gasteiger partial charge is 0.378 e. The third kappa shape index (κ3) is 4.88. The van der Waals surface area contributed by atoms with Gasteiger partial charge in [-0.25, -0.2) is 4.99 Å². The van der Waals surface area contributed by atoms with Crippen molar-refractivity contribution in [3.05, 3.63) is 12.3 Å². The fraction of sp³-hybridized carbons (Fsp3) is 0.786. The van der Waals surface area contributed by atoms with E-state index in [9.17, 15) is 5.11 Å². The van der Waals surface area contributed by atoms with E-state index >= 15 is 0 Å². The van der Waals surface area contributed by atoms with E-state index < -0.39 is 6.35 Å². The molecule has 0 amide bonds. The van der Waals surface area contributed by atoms with Crippen molar-refractivity contribution in [1.29, 1.82) is 0 Å². The number of rotatable bonds is 6. The molecule has 0 bridgehead atoms. The summed E-state index contributed by atoms with van der Waals surface area (Å²) >= 11 is 1.70. The van der Waals surface area contributed by atoms with E-state index in [-0.39, 0.29) is 11.7 Å². The van der Waals surface area contributed by atoms with Gasteiger partial charge in [0.25, 0.3) is 0 Å². The summed E-state index contributed by atoms with van der Waals surface area (Å²) in [5.74, 6) is 2.04. The number of aliphatic hydroxyl groups is 1. The lowest BCUT2D eigenvalue weighted by atomic mass is 10.2. The Morgan fingerprint density at radius 2 is 2.43 bits per heavy atom. The van der Waals surface area contributed by atoms with Crippen molar-refractivity contribution in [3.8, 4) is 0 Å². The SMILES string of the molecule is CCOC[C@H]1O[C@@H](N2C=CC(NCC(C)C)=NC2O)CS1. The summed E-state index contributed by atoms with van der Waals surface area (Å²) in [6.45, 7) is 8.33. The summed E-state index contributed by atoms with van der Waals surface area (Å²) in [5, 5.41) is 13.4. The Hall–Kier alpha value is -0.760. The molecular formula is C14H25N3O3S. The molecule has 1 fully saturated rings. The summed E-state index contributed by atoms with van der Waals surface area (Å²) in [5.41, 5.74) is 0.0278. The molecule has 1 unspecified atom stereocenters. The van der Waals surface area contributed by atoms with Crippen molar-refractivity contribution < 1.29 is 14.6 Å². The molecule has 7 heteroatoms. The minimum atomic E-state index is -0.902. The van der Waals surface area contributed by atoms with Crippen LogP contribution in [0.15, 0.2) is 17.3 Å². The van der Waals surface area contributed by atoms with Crippen LogP contribution in [0.4, 0.5) is 0 Å². The Kier molecular flexibility index (Phi) is 6.35. The average Bonchev–Trinajstić information content (AvgIpc) is 2.91. The number of hydrogen-bond donors (Lipinski definition) is 2. The second-order valence-electron chi connectivity index (χ2n) is 5.41. The molecule has 0 aromatic rings. The molecule has 2 heterocycles. The molecule has 0 aromatic carbocycles. The molecule has 0 saturated carbocycles. The fourth-order valence-corrected chi connectivity index (χ4v) is 3.06. The highest BCUT2D eigenvalue weighted by atomic mass is 32.2. The Morgan fingerprint density at radius 3 is 3.10 bits per heavy atom. The first kappa shape index (κ1) is 16.6. The van der Waals surface area contributed by atoms with Gasteiger partial charge in [-0.3, -0.25) is 0 Å². The molecule has 21 heavy (non-hydrogen) atoms. The molecule has 2 aliphatic rings. The number of nitrogens with zero attached hydrogens (tertiary/aromatic N) is 2. The van der Waals surface area contributed by atoms with E-state index in [1.165, 1.54) is 0 Å². The molecule has 0 aliphatic carbocycles. The van der Waals surface area contributed by atoms with Crippen LogP contribution < -0.4 is 5.32 Å². The minimum absolute atomic E-state index is 0.0278. The zero-order valence-electron chi connectivity index (χ0n) is 12.9. The van der Waals surface area contributed by atoms with E-state index in [1.54, 1.807) is 16.7 Å². The van der Waals surface area contributed by atoms with Crippen LogP contribution in [0.1, 0.15) is 20.8 Å².